The molecule has 5 nitrogen and oxygen atoms in total. The van der Waals surface area contributed by atoms with Gasteiger partial charge in [-0.15, -0.1) is 0 Å². The van der Waals surface area contributed by atoms with Crippen LogP contribution in [0.15, 0.2) is 48.5 Å². The van der Waals surface area contributed by atoms with Crippen LogP contribution in [0.1, 0.15) is 12.0 Å². The molecule has 0 aliphatic heterocycles. The van der Waals surface area contributed by atoms with Crippen molar-refractivity contribution in [1.82, 2.24) is 5.43 Å². The minimum absolute atomic E-state index is 0.0707. The number of ether oxygens (including phenoxy) is 2. The first-order chi connectivity index (χ1) is 10.7. The van der Waals surface area contributed by atoms with Gasteiger partial charge in [-0.1, -0.05) is 24.3 Å². The van der Waals surface area contributed by atoms with Crippen molar-refractivity contribution in [3.63, 3.8) is 0 Å². The maximum absolute atomic E-state index is 11.8. The number of para-hydroxylation sites is 1. The average molecular weight is 300 g/mol. The lowest BCUT2D eigenvalue weighted by molar-refractivity contribution is -0.120. The van der Waals surface area contributed by atoms with Crippen molar-refractivity contribution < 1.29 is 14.3 Å². The van der Waals surface area contributed by atoms with Crippen LogP contribution in [0.5, 0.6) is 11.5 Å². The summed E-state index contributed by atoms with van der Waals surface area (Å²) in [5, 5.41) is 0. The molecule has 0 saturated heterocycles. The molecular formula is C17H20N2O3. The van der Waals surface area contributed by atoms with Gasteiger partial charge in [0.25, 0.3) is 0 Å². The molecule has 1 amide bonds. The molecule has 0 fully saturated rings. The lowest BCUT2D eigenvalue weighted by Crippen LogP contribution is -2.29. The summed E-state index contributed by atoms with van der Waals surface area (Å²) in [6.45, 7) is 0. The summed E-state index contributed by atoms with van der Waals surface area (Å²) in [6.07, 6.45) is 1.01. The van der Waals surface area contributed by atoms with Crippen molar-refractivity contribution in [2.45, 2.75) is 12.8 Å². The van der Waals surface area contributed by atoms with Gasteiger partial charge in [-0.25, -0.2) is 0 Å². The molecule has 0 aliphatic rings. The number of carbonyl (C=O) groups excluding carboxylic acids is 1. The van der Waals surface area contributed by atoms with E-state index in [1.54, 1.807) is 14.2 Å². The predicted molar refractivity (Wildman–Crippen MR) is 86.1 cm³/mol. The Morgan fingerprint density at radius 3 is 2.41 bits per heavy atom. The van der Waals surface area contributed by atoms with Gasteiger partial charge in [0.2, 0.25) is 5.91 Å². The normalized spacial score (nSPS) is 9.91. The number of amides is 1. The third-order valence-corrected chi connectivity index (χ3v) is 3.21. The first-order valence-electron chi connectivity index (χ1n) is 7.03. The summed E-state index contributed by atoms with van der Waals surface area (Å²) in [4.78, 5) is 11.8. The molecule has 0 bridgehead atoms. The van der Waals surface area contributed by atoms with Crippen LogP contribution in [0.2, 0.25) is 0 Å². The summed E-state index contributed by atoms with van der Waals surface area (Å²) in [5.74, 6) is 1.28. The fraction of sp³-hybridized carbons (Fsp3) is 0.235. The van der Waals surface area contributed by atoms with Gasteiger partial charge in [0.15, 0.2) is 11.5 Å². The van der Waals surface area contributed by atoms with Gasteiger partial charge < -0.3 is 9.47 Å². The van der Waals surface area contributed by atoms with Gasteiger partial charge >= 0.3 is 0 Å². The maximum atomic E-state index is 11.8. The zero-order chi connectivity index (χ0) is 15.8. The van der Waals surface area contributed by atoms with E-state index in [0.29, 0.717) is 24.3 Å². The van der Waals surface area contributed by atoms with Crippen LogP contribution in [0.4, 0.5) is 5.69 Å². The molecule has 116 valence electrons. The van der Waals surface area contributed by atoms with E-state index in [9.17, 15) is 4.79 Å². The molecule has 2 aromatic rings. The van der Waals surface area contributed by atoms with E-state index in [1.165, 1.54) is 0 Å². The van der Waals surface area contributed by atoms with Crippen LogP contribution < -0.4 is 20.3 Å². The van der Waals surface area contributed by atoms with E-state index in [-0.39, 0.29) is 5.91 Å². The van der Waals surface area contributed by atoms with Crippen LogP contribution in [-0.2, 0) is 11.2 Å². The molecule has 0 atom stereocenters. The SMILES string of the molecule is COc1ccc(CCC(=O)NNc2ccccc2)cc1OC. The molecule has 0 saturated carbocycles. The number of hydrogen-bond acceptors (Lipinski definition) is 4. The summed E-state index contributed by atoms with van der Waals surface area (Å²) >= 11 is 0. The molecule has 2 N–H and O–H groups in total. The predicted octanol–water partition coefficient (Wildman–Crippen LogP) is 2.78. The van der Waals surface area contributed by atoms with Gasteiger partial charge in [-0.3, -0.25) is 15.6 Å². The molecule has 22 heavy (non-hydrogen) atoms. The fourth-order valence-corrected chi connectivity index (χ4v) is 2.02. The summed E-state index contributed by atoms with van der Waals surface area (Å²) in [7, 11) is 3.19. The lowest BCUT2D eigenvalue weighted by Gasteiger charge is -2.10. The van der Waals surface area contributed by atoms with E-state index >= 15 is 0 Å². The molecule has 2 rings (SSSR count). The number of carbonyl (C=O) groups is 1. The Morgan fingerprint density at radius 1 is 1.00 bits per heavy atom. The standard InChI is InChI=1S/C17H20N2O3/c1-21-15-10-8-13(12-16(15)22-2)9-11-17(20)19-18-14-6-4-3-5-7-14/h3-8,10,12,18H,9,11H2,1-2H3,(H,19,20). The topological polar surface area (TPSA) is 59.6 Å². The van der Waals surface area contributed by atoms with Gasteiger partial charge in [0, 0.05) is 6.42 Å². The molecule has 0 aromatic heterocycles. The van der Waals surface area contributed by atoms with Crippen molar-refractivity contribution in [2.75, 3.05) is 19.6 Å². The minimum atomic E-state index is -0.0707. The number of hydrazine groups is 1. The Hall–Kier alpha value is -2.69. The first-order valence-corrected chi connectivity index (χ1v) is 7.03. The molecule has 5 heteroatoms. The quantitative estimate of drug-likeness (QED) is 0.772. The molecule has 0 spiro atoms. The summed E-state index contributed by atoms with van der Waals surface area (Å²) in [6, 6.07) is 15.1. The highest BCUT2D eigenvalue weighted by Gasteiger charge is 2.06. The Kier molecular flexibility index (Phi) is 5.65. The molecular weight excluding hydrogens is 280 g/mol. The summed E-state index contributed by atoms with van der Waals surface area (Å²) < 4.78 is 10.4. The zero-order valence-corrected chi connectivity index (χ0v) is 12.8. The third kappa shape index (κ3) is 4.41. The lowest BCUT2D eigenvalue weighted by atomic mass is 10.1. The number of benzene rings is 2. The largest absolute Gasteiger partial charge is 0.493 e. The monoisotopic (exact) mass is 300 g/mol. The average Bonchev–Trinajstić information content (AvgIpc) is 2.58. The van der Waals surface area contributed by atoms with Crippen LogP contribution in [-0.4, -0.2) is 20.1 Å². The van der Waals surface area contributed by atoms with Crippen LogP contribution in [0, 0.1) is 0 Å². The van der Waals surface area contributed by atoms with Crippen molar-refractivity contribution in [1.29, 1.82) is 0 Å². The molecule has 0 heterocycles. The second kappa shape index (κ2) is 7.93. The van der Waals surface area contributed by atoms with E-state index in [0.717, 1.165) is 11.3 Å². The van der Waals surface area contributed by atoms with Crippen molar-refractivity contribution in [3.8, 4) is 11.5 Å². The number of anilines is 1. The van der Waals surface area contributed by atoms with Crippen LogP contribution in [0.3, 0.4) is 0 Å². The van der Waals surface area contributed by atoms with Crippen LogP contribution in [0.25, 0.3) is 0 Å². The van der Waals surface area contributed by atoms with E-state index in [1.807, 2.05) is 48.5 Å². The highest BCUT2D eigenvalue weighted by molar-refractivity contribution is 5.77. The number of hydrogen-bond donors (Lipinski definition) is 2. The smallest absolute Gasteiger partial charge is 0.238 e. The fourth-order valence-electron chi connectivity index (χ4n) is 2.02. The van der Waals surface area contributed by atoms with Crippen molar-refractivity contribution in [3.05, 3.63) is 54.1 Å². The van der Waals surface area contributed by atoms with E-state index < -0.39 is 0 Å². The minimum Gasteiger partial charge on any atom is -0.493 e. The molecule has 2 aromatic carbocycles. The molecule has 0 radical (unpaired) electrons. The Balaban J connectivity index is 1.83. The number of aryl methyl sites for hydroxylation is 1. The first kappa shape index (κ1) is 15.7. The third-order valence-electron chi connectivity index (χ3n) is 3.21. The Morgan fingerprint density at radius 2 is 1.73 bits per heavy atom. The van der Waals surface area contributed by atoms with Gasteiger partial charge in [0.05, 0.1) is 19.9 Å². The summed E-state index contributed by atoms with van der Waals surface area (Å²) in [5.41, 5.74) is 7.42. The van der Waals surface area contributed by atoms with Crippen LogP contribution >= 0.6 is 0 Å². The second-order valence-corrected chi connectivity index (χ2v) is 4.73. The maximum Gasteiger partial charge on any atom is 0.238 e. The van der Waals surface area contributed by atoms with E-state index in [4.69, 9.17) is 9.47 Å². The molecule has 0 unspecified atom stereocenters. The van der Waals surface area contributed by atoms with Crippen molar-refractivity contribution >= 4 is 11.6 Å². The highest BCUT2D eigenvalue weighted by Crippen LogP contribution is 2.27. The van der Waals surface area contributed by atoms with Gasteiger partial charge in [-0.05, 0) is 36.2 Å². The Bertz CT molecular complexity index is 615. The van der Waals surface area contributed by atoms with E-state index in [2.05, 4.69) is 10.9 Å². The van der Waals surface area contributed by atoms with Gasteiger partial charge in [-0.2, -0.15) is 0 Å². The second-order valence-electron chi connectivity index (χ2n) is 4.73. The Labute approximate surface area is 130 Å². The molecule has 0 aliphatic carbocycles. The number of nitrogens with one attached hydrogen (secondary N) is 2. The van der Waals surface area contributed by atoms with Gasteiger partial charge in [0.1, 0.15) is 0 Å². The number of rotatable bonds is 7. The number of methoxy groups -OCH3 is 2. The zero-order valence-electron chi connectivity index (χ0n) is 12.8. The highest BCUT2D eigenvalue weighted by atomic mass is 16.5. The van der Waals surface area contributed by atoms with Crippen molar-refractivity contribution in [2.24, 2.45) is 0 Å².